The molecule has 0 bridgehead atoms. The molecule has 0 radical (unpaired) electrons. The Bertz CT molecular complexity index is 992. The van der Waals surface area contributed by atoms with Crippen LogP contribution in [0.15, 0.2) is 41.3 Å². The van der Waals surface area contributed by atoms with E-state index < -0.39 is 10.0 Å². The summed E-state index contributed by atoms with van der Waals surface area (Å²) in [5.41, 5.74) is 4.12. The highest BCUT2D eigenvalue weighted by molar-refractivity contribution is 7.89. The Morgan fingerprint density at radius 2 is 1.90 bits per heavy atom. The lowest BCUT2D eigenvalue weighted by Gasteiger charge is -2.35. The minimum Gasteiger partial charge on any atom is -0.493 e. The summed E-state index contributed by atoms with van der Waals surface area (Å²) in [6, 6.07) is 11.1. The fraction of sp³-hybridized carbons (Fsp3) is 0.478. The summed E-state index contributed by atoms with van der Waals surface area (Å²) in [5.74, 6) is 1.72. The van der Waals surface area contributed by atoms with Gasteiger partial charge in [-0.25, -0.2) is 13.1 Å². The fourth-order valence-corrected chi connectivity index (χ4v) is 5.91. The Kier molecular flexibility index (Phi) is 6.32. The van der Waals surface area contributed by atoms with E-state index in [0.717, 1.165) is 56.7 Å². The smallest absolute Gasteiger partial charge is 0.240 e. The second-order valence-electron chi connectivity index (χ2n) is 7.92. The highest BCUT2D eigenvalue weighted by atomic mass is 32.2. The minimum absolute atomic E-state index is 0.320. The van der Waals surface area contributed by atoms with Crippen molar-refractivity contribution in [1.82, 2.24) is 9.62 Å². The quantitative estimate of drug-likeness (QED) is 0.618. The molecule has 2 aliphatic rings. The number of hydrogen-bond acceptors (Lipinski definition) is 5. The van der Waals surface area contributed by atoms with Crippen LogP contribution in [0, 0.1) is 0 Å². The Morgan fingerprint density at radius 1 is 1.10 bits per heavy atom. The maximum atomic E-state index is 12.3. The van der Waals surface area contributed by atoms with E-state index in [-0.39, 0.29) is 0 Å². The van der Waals surface area contributed by atoms with E-state index in [9.17, 15) is 8.42 Å². The third kappa shape index (κ3) is 4.06. The maximum absolute atomic E-state index is 12.3. The van der Waals surface area contributed by atoms with E-state index in [1.54, 1.807) is 38.5 Å². The van der Waals surface area contributed by atoms with Gasteiger partial charge in [0.05, 0.1) is 19.1 Å². The Morgan fingerprint density at radius 3 is 2.63 bits per heavy atom. The Hall–Kier alpha value is -2.09. The van der Waals surface area contributed by atoms with Crippen LogP contribution in [0.1, 0.15) is 42.0 Å². The van der Waals surface area contributed by atoms with E-state index in [1.165, 1.54) is 16.7 Å². The molecule has 0 spiro atoms. The number of unbranched alkanes of at least 4 members (excludes halogenated alkanes) is 1. The molecule has 30 heavy (non-hydrogen) atoms. The molecule has 1 heterocycles. The van der Waals surface area contributed by atoms with Crippen molar-refractivity contribution < 1.29 is 17.9 Å². The fourth-order valence-electron chi connectivity index (χ4n) is 4.82. The van der Waals surface area contributed by atoms with Gasteiger partial charge in [-0.05, 0) is 68.0 Å². The third-order valence-electron chi connectivity index (χ3n) is 6.23. The number of rotatable bonds is 9. The first-order valence-corrected chi connectivity index (χ1v) is 12.1. The lowest BCUT2D eigenvalue weighted by Crippen LogP contribution is -2.35. The van der Waals surface area contributed by atoms with Crippen LogP contribution in [-0.4, -0.2) is 47.2 Å². The summed E-state index contributed by atoms with van der Waals surface area (Å²) in [6.45, 7) is 2.47. The monoisotopic (exact) mass is 430 g/mol. The van der Waals surface area contributed by atoms with E-state index in [2.05, 4.69) is 15.7 Å². The summed E-state index contributed by atoms with van der Waals surface area (Å²) < 4.78 is 38.5. The average molecular weight is 431 g/mol. The van der Waals surface area contributed by atoms with E-state index in [1.807, 2.05) is 6.07 Å². The van der Waals surface area contributed by atoms with E-state index >= 15 is 0 Å². The van der Waals surface area contributed by atoms with Gasteiger partial charge in [-0.3, -0.25) is 4.90 Å². The highest BCUT2D eigenvalue weighted by Crippen LogP contribution is 2.48. The second-order valence-corrected chi connectivity index (χ2v) is 9.69. The lowest BCUT2D eigenvalue weighted by atomic mass is 9.92. The van der Waals surface area contributed by atoms with Gasteiger partial charge in [-0.2, -0.15) is 0 Å². The average Bonchev–Trinajstić information content (AvgIpc) is 3.21. The van der Waals surface area contributed by atoms with Crippen molar-refractivity contribution in [1.29, 1.82) is 0 Å². The summed E-state index contributed by atoms with van der Waals surface area (Å²) in [5, 5.41) is 0. The largest absolute Gasteiger partial charge is 0.493 e. The van der Waals surface area contributed by atoms with Crippen molar-refractivity contribution in [2.24, 2.45) is 0 Å². The molecule has 0 amide bonds. The molecule has 6 nitrogen and oxygen atoms in total. The summed E-state index contributed by atoms with van der Waals surface area (Å²) in [7, 11) is -0.00396. The molecule has 0 fully saturated rings. The molecule has 162 valence electrons. The van der Waals surface area contributed by atoms with Gasteiger partial charge < -0.3 is 9.47 Å². The molecule has 7 heteroatoms. The molecule has 1 N–H and O–H groups in total. The van der Waals surface area contributed by atoms with Gasteiger partial charge in [0.2, 0.25) is 10.0 Å². The summed E-state index contributed by atoms with van der Waals surface area (Å²) >= 11 is 0. The van der Waals surface area contributed by atoms with Crippen molar-refractivity contribution in [3.63, 3.8) is 0 Å². The molecular formula is C23H30N2O4S. The van der Waals surface area contributed by atoms with E-state index in [4.69, 9.17) is 9.47 Å². The number of benzene rings is 2. The first-order chi connectivity index (χ1) is 14.5. The molecule has 1 aliphatic heterocycles. The van der Waals surface area contributed by atoms with Crippen LogP contribution in [0.25, 0.3) is 0 Å². The third-order valence-corrected chi connectivity index (χ3v) is 7.70. The van der Waals surface area contributed by atoms with Gasteiger partial charge in [-0.15, -0.1) is 0 Å². The van der Waals surface area contributed by atoms with Gasteiger partial charge in [0, 0.05) is 24.7 Å². The maximum Gasteiger partial charge on any atom is 0.240 e. The van der Waals surface area contributed by atoms with Crippen molar-refractivity contribution in [3.8, 4) is 11.5 Å². The molecule has 1 unspecified atom stereocenters. The van der Waals surface area contributed by atoms with E-state index in [0.29, 0.717) is 17.5 Å². The number of sulfonamides is 1. The van der Waals surface area contributed by atoms with Crippen LogP contribution >= 0.6 is 0 Å². The predicted molar refractivity (Wildman–Crippen MR) is 117 cm³/mol. The zero-order valence-electron chi connectivity index (χ0n) is 17.7. The standard InChI is InChI=1S/C23H30N2O4S/c1-28-21-16-17-12-15-25(20-11-10-19(22(17)20)23(21)29-2)14-7-6-13-24-30(26,27)18-8-4-3-5-9-18/h3-5,8-9,16,20,24H,6-7,10-15H2,1-2H3. The van der Waals surface area contributed by atoms with Crippen LogP contribution in [0.3, 0.4) is 0 Å². The SMILES string of the molecule is COc1cc2c3c(c1OC)CCC3N(CCCCNS(=O)(=O)c1ccccc1)CC2. The van der Waals surface area contributed by atoms with Gasteiger partial charge in [0.15, 0.2) is 11.5 Å². The van der Waals surface area contributed by atoms with Crippen molar-refractivity contribution >= 4 is 10.0 Å². The van der Waals surface area contributed by atoms with Crippen LogP contribution in [0.5, 0.6) is 11.5 Å². The van der Waals surface area contributed by atoms with Crippen molar-refractivity contribution in [2.75, 3.05) is 33.9 Å². The van der Waals surface area contributed by atoms with Crippen LogP contribution in [0.2, 0.25) is 0 Å². The number of nitrogens with zero attached hydrogens (tertiary/aromatic N) is 1. The Labute approximate surface area is 179 Å². The van der Waals surface area contributed by atoms with Crippen molar-refractivity contribution in [2.45, 2.75) is 43.0 Å². The number of methoxy groups -OCH3 is 2. The predicted octanol–water partition coefficient (Wildman–Crippen LogP) is 3.31. The lowest BCUT2D eigenvalue weighted by molar-refractivity contribution is 0.182. The van der Waals surface area contributed by atoms with Gasteiger partial charge in [0.25, 0.3) is 0 Å². The number of ether oxygens (including phenoxy) is 2. The molecular weight excluding hydrogens is 400 g/mol. The molecule has 4 rings (SSSR count). The van der Waals surface area contributed by atoms with Crippen LogP contribution < -0.4 is 14.2 Å². The number of nitrogens with one attached hydrogen (secondary N) is 1. The Balaban J connectivity index is 1.33. The van der Waals surface area contributed by atoms with Crippen molar-refractivity contribution in [3.05, 3.63) is 53.1 Å². The molecule has 2 aromatic rings. The van der Waals surface area contributed by atoms with Gasteiger partial charge in [0.1, 0.15) is 0 Å². The van der Waals surface area contributed by atoms with Crippen LogP contribution in [-0.2, 0) is 22.9 Å². The zero-order valence-corrected chi connectivity index (χ0v) is 18.5. The molecule has 2 aromatic carbocycles. The zero-order chi connectivity index (χ0) is 21.1. The molecule has 1 atom stereocenters. The number of hydrogen-bond donors (Lipinski definition) is 1. The normalized spacial score (nSPS) is 18.3. The highest BCUT2D eigenvalue weighted by Gasteiger charge is 2.36. The van der Waals surface area contributed by atoms with Gasteiger partial charge in [-0.1, -0.05) is 18.2 Å². The topological polar surface area (TPSA) is 67.9 Å². The summed E-state index contributed by atoms with van der Waals surface area (Å²) in [4.78, 5) is 2.87. The molecule has 1 aliphatic carbocycles. The second kappa shape index (κ2) is 8.96. The minimum atomic E-state index is -3.42. The first kappa shape index (κ1) is 21.2. The molecule has 0 saturated carbocycles. The summed E-state index contributed by atoms with van der Waals surface area (Å²) in [6.07, 6.45) is 4.92. The van der Waals surface area contributed by atoms with Crippen LogP contribution in [0.4, 0.5) is 0 Å². The molecule has 0 aromatic heterocycles. The molecule has 0 saturated heterocycles. The first-order valence-electron chi connectivity index (χ1n) is 10.6. The van der Waals surface area contributed by atoms with Gasteiger partial charge >= 0.3 is 0 Å².